The van der Waals surface area contributed by atoms with Gasteiger partial charge < -0.3 is 19.3 Å². The lowest BCUT2D eigenvalue weighted by molar-refractivity contribution is -0.188. The van der Waals surface area contributed by atoms with E-state index in [1.165, 1.54) is 20.2 Å². The Morgan fingerprint density at radius 3 is 2.63 bits per heavy atom. The molecule has 35 heavy (non-hydrogen) atoms. The van der Waals surface area contributed by atoms with Crippen LogP contribution in [-0.2, 0) is 33.4 Å². The molecule has 1 saturated carbocycles. The fourth-order valence-electron chi connectivity index (χ4n) is 6.90. The molecular formula is C25H33NO8S. The molecule has 3 aliphatic carbocycles. The zero-order chi connectivity index (χ0) is 25.7. The quantitative estimate of drug-likeness (QED) is 0.239. The molecule has 3 unspecified atom stereocenters. The summed E-state index contributed by atoms with van der Waals surface area (Å²) in [5, 5.41) is 10.8. The SMILES string of the molecule is COC[C@H]1OC(=O)C(C=NCCS)C2C(=O)C(=O)C3=C([C@H](OC(C)=O)C[C@@]4(C)C3CC[C@@H]4O)[C@]21C. The Bertz CT molecular complexity index is 1010. The Morgan fingerprint density at radius 2 is 2.00 bits per heavy atom. The minimum absolute atomic E-state index is 0.00511. The van der Waals surface area contributed by atoms with Crippen LogP contribution in [0.2, 0.25) is 0 Å². The fourth-order valence-corrected chi connectivity index (χ4v) is 7.02. The third-order valence-corrected chi connectivity index (χ3v) is 8.73. The number of fused-ring (bicyclic) bond motifs is 4. The number of hydrogen-bond acceptors (Lipinski definition) is 10. The van der Waals surface area contributed by atoms with Crippen molar-refractivity contribution in [2.24, 2.45) is 33.6 Å². The summed E-state index contributed by atoms with van der Waals surface area (Å²) in [5.41, 5.74) is -1.08. The molecule has 1 heterocycles. The van der Waals surface area contributed by atoms with Crippen LogP contribution in [0.1, 0.15) is 40.0 Å². The number of cyclic esters (lactones) is 1. The third-order valence-electron chi connectivity index (χ3n) is 8.53. The maximum absolute atomic E-state index is 13.8. The molecule has 1 saturated heterocycles. The monoisotopic (exact) mass is 507 g/mol. The lowest BCUT2D eigenvalue weighted by atomic mass is 9.49. The van der Waals surface area contributed by atoms with Crippen molar-refractivity contribution in [1.82, 2.24) is 0 Å². The number of allylic oxidation sites excluding steroid dienone is 1. The number of ketones is 2. The second-order valence-corrected chi connectivity index (χ2v) is 10.9. The van der Waals surface area contributed by atoms with Crippen molar-refractivity contribution in [2.45, 2.75) is 58.3 Å². The third kappa shape index (κ3) is 3.88. The minimum Gasteiger partial charge on any atom is -0.458 e. The Hall–Kier alpha value is -2.04. The number of Topliss-reactive ketones (excluding diaryl/α,β-unsaturated/α-hetero) is 2. The van der Waals surface area contributed by atoms with Crippen molar-refractivity contribution < 1.29 is 38.5 Å². The second-order valence-electron chi connectivity index (χ2n) is 10.4. The van der Waals surface area contributed by atoms with Crippen LogP contribution in [0.4, 0.5) is 0 Å². The molecule has 1 N–H and O–H groups in total. The number of aliphatic imine (C=N–C) groups is 1. The van der Waals surface area contributed by atoms with Crippen LogP contribution in [-0.4, -0.2) is 79.2 Å². The van der Waals surface area contributed by atoms with Gasteiger partial charge in [0.15, 0.2) is 0 Å². The zero-order valence-corrected chi connectivity index (χ0v) is 21.4. The van der Waals surface area contributed by atoms with Gasteiger partial charge in [-0.2, -0.15) is 12.6 Å². The number of aliphatic hydroxyl groups excluding tert-OH is 1. The molecular weight excluding hydrogens is 474 g/mol. The van der Waals surface area contributed by atoms with Gasteiger partial charge in [-0.25, -0.2) is 0 Å². The van der Waals surface area contributed by atoms with Crippen molar-refractivity contribution >= 4 is 42.3 Å². The van der Waals surface area contributed by atoms with Gasteiger partial charge in [-0.15, -0.1) is 0 Å². The molecule has 0 aromatic carbocycles. The number of thiol groups is 1. The second kappa shape index (κ2) is 9.44. The van der Waals surface area contributed by atoms with Gasteiger partial charge in [-0.05, 0) is 30.8 Å². The molecule has 1 aliphatic heterocycles. The highest BCUT2D eigenvalue weighted by Gasteiger charge is 2.68. The number of esters is 2. The molecule has 4 rings (SSSR count). The van der Waals surface area contributed by atoms with Crippen LogP contribution in [0, 0.1) is 28.6 Å². The average Bonchev–Trinajstić information content (AvgIpc) is 3.08. The maximum atomic E-state index is 13.8. The first-order valence-electron chi connectivity index (χ1n) is 12.0. The normalized spacial score (nSPS) is 40.9. The molecule has 0 bridgehead atoms. The number of methoxy groups -OCH3 is 1. The van der Waals surface area contributed by atoms with E-state index in [9.17, 15) is 24.3 Å². The summed E-state index contributed by atoms with van der Waals surface area (Å²) >= 11 is 4.14. The molecule has 0 radical (unpaired) electrons. The number of nitrogens with zero attached hydrogens (tertiary/aromatic N) is 1. The van der Waals surface area contributed by atoms with E-state index in [0.29, 0.717) is 42.7 Å². The van der Waals surface area contributed by atoms with Gasteiger partial charge in [-0.1, -0.05) is 13.8 Å². The predicted molar refractivity (Wildman–Crippen MR) is 128 cm³/mol. The van der Waals surface area contributed by atoms with Gasteiger partial charge >= 0.3 is 11.9 Å². The first kappa shape index (κ1) is 26.0. The van der Waals surface area contributed by atoms with E-state index in [1.807, 2.05) is 6.92 Å². The zero-order valence-electron chi connectivity index (χ0n) is 20.5. The largest absolute Gasteiger partial charge is 0.458 e. The van der Waals surface area contributed by atoms with E-state index in [-0.39, 0.29) is 12.5 Å². The standard InChI is InChI=1S/C25H33NO8S/c1-12(27)33-15-9-24(2)14(5-6-16(24)28)18-20(15)25(3)17(11-32-4)34-23(31)13(10-26-7-8-35)19(25)22(30)21(18)29/h10,13-17,19,28,35H,5-9,11H2,1-4H3/t13?,14?,15-,16+,17-,19?,24+,25+/m1/s1. The summed E-state index contributed by atoms with van der Waals surface area (Å²) in [6.07, 6.45) is 0.254. The summed E-state index contributed by atoms with van der Waals surface area (Å²) in [5.74, 6) is -4.61. The van der Waals surface area contributed by atoms with E-state index < -0.39 is 64.5 Å². The number of rotatable bonds is 6. The molecule has 4 aliphatic rings. The van der Waals surface area contributed by atoms with Crippen LogP contribution in [0.25, 0.3) is 0 Å². The van der Waals surface area contributed by atoms with Crippen LogP contribution < -0.4 is 0 Å². The molecule has 10 heteroatoms. The number of hydrogen-bond donors (Lipinski definition) is 2. The average molecular weight is 508 g/mol. The highest BCUT2D eigenvalue weighted by molar-refractivity contribution is 7.80. The minimum atomic E-state index is -1.17. The van der Waals surface area contributed by atoms with Crippen molar-refractivity contribution in [3.05, 3.63) is 11.1 Å². The highest BCUT2D eigenvalue weighted by Crippen LogP contribution is 2.62. The van der Waals surface area contributed by atoms with E-state index in [1.54, 1.807) is 6.92 Å². The number of ether oxygens (including phenoxy) is 3. The summed E-state index contributed by atoms with van der Waals surface area (Å²) < 4.78 is 17.0. The van der Waals surface area contributed by atoms with Crippen molar-refractivity contribution in [3.8, 4) is 0 Å². The van der Waals surface area contributed by atoms with Crippen molar-refractivity contribution in [1.29, 1.82) is 0 Å². The molecule has 2 fully saturated rings. The first-order chi connectivity index (χ1) is 16.5. The topological polar surface area (TPSA) is 129 Å². The lowest BCUT2D eigenvalue weighted by Crippen LogP contribution is -2.65. The fraction of sp³-hybridized carbons (Fsp3) is 0.720. The van der Waals surface area contributed by atoms with Crippen LogP contribution in [0.5, 0.6) is 0 Å². The number of aliphatic hydroxyl groups is 1. The molecule has 8 atom stereocenters. The van der Waals surface area contributed by atoms with Crippen LogP contribution >= 0.6 is 12.6 Å². The van der Waals surface area contributed by atoms with Gasteiger partial charge in [0.2, 0.25) is 11.6 Å². The Kier molecular flexibility index (Phi) is 7.02. The van der Waals surface area contributed by atoms with Crippen LogP contribution in [0.15, 0.2) is 16.1 Å². The smallest absolute Gasteiger partial charge is 0.315 e. The first-order valence-corrected chi connectivity index (χ1v) is 12.6. The summed E-state index contributed by atoms with van der Waals surface area (Å²) in [6.45, 7) is 5.28. The maximum Gasteiger partial charge on any atom is 0.315 e. The predicted octanol–water partition coefficient (Wildman–Crippen LogP) is 1.36. The lowest BCUT2D eigenvalue weighted by Gasteiger charge is -2.56. The molecule has 0 aromatic heterocycles. The van der Waals surface area contributed by atoms with E-state index >= 15 is 0 Å². The van der Waals surface area contributed by atoms with E-state index in [4.69, 9.17) is 14.2 Å². The van der Waals surface area contributed by atoms with E-state index in [2.05, 4.69) is 17.6 Å². The highest BCUT2D eigenvalue weighted by atomic mass is 32.1. The van der Waals surface area contributed by atoms with Gasteiger partial charge in [0.25, 0.3) is 0 Å². The van der Waals surface area contributed by atoms with Gasteiger partial charge in [0.05, 0.1) is 18.6 Å². The number of carbonyl (C=O) groups excluding carboxylic acids is 4. The van der Waals surface area contributed by atoms with Gasteiger partial charge in [-0.3, -0.25) is 24.2 Å². The van der Waals surface area contributed by atoms with Crippen molar-refractivity contribution in [2.75, 3.05) is 26.0 Å². The Labute approximate surface area is 210 Å². The summed E-state index contributed by atoms with van der Waals surface area (Å²) in [4.78, 5) is 57.0. The van der Waals surface area contributed by atoms with Gasteiger partial charge in [0.1, 0.15) is 18.1 Å². The summed E-state index contributed by atoms with van der Waals surface area (Å²) in [6, 6.07) is 0. The Balaban J connectivity index is 1.97. The number of carbonyl (C=O) groups is 4. The van der Waals surface area contributed by atoms with Gasteiger partial charge in [0, 0.05) is 48.9 Å². The molecule has 9 nitrogen and oxygen atoms in total. The molecule has 0 spiro atoms. The van der Waals surface area contributed by atoms with Crippen LogP contribution in [0.3, 0.4) is 0 Å². The van der Waals surface area contributed by atoms with Crippen molar-refractivity contribution in [3.63, 3.8) is 0 Å². The summed E-state index contributed by atoms with van der Waals surface area (Å²) in [7, 11) is 1.46. The van der Waals surface area contributed by atoms with E-state index in [0.717, 1.165) is 0 Å². The molecule has 0 amide bonds. The molecule has 192 valence electrons. The Morgan fingerprint density at radius 1 is 1.29 bits per heavy atom. The molecule has 0 aromatic rings.